The molecule has 2 saturated heterocycles. The minimum Gasteiger partial charge on any atom is -0.461 e. The molecule has 0 N–H and O–H groups in total. The summed E-state index contributed by atoms with van der Waals surface area (Å²) in [5.74, 6) is 0.576. The number of esters is 1. The second kappa shape index (κ2) is 5.11. The lowest BCUT2D eigenvalue weighted by molar-refractivity contribution is -0.163. The SMILES string of the molecule is O=C1CC[C@@H]2CCN(Cc3ccccc3)C[C@H]2O1. The molecule has 3 nitrogen and oxygen atoms in total. The summed E-state index contributed by atoms with van der Waals surface area (Å²) in [7, 11) is 0. The molecule has 2 heterocycles. The molecule has 0 spiro atoms. The van der Waals surface area contributed by atoms with E-state index >= 15 is 0 Å². The van der Waals surface area contributed by atoms with Gasteiger partial charge in [0.05, 0.1) is 0 Å². The monoisotopic (exact) mass is 245 g/mol. The van der Waals surface area contributed by atoms with Crippen LogP contribution in [0, 0.1) is 5.92 Å². The van der Waals surface area contributed by atoms with E-state index < -0.39 is 0 Å². The molecule has 96 valence electrons. The van der Waals surface area contributed by atoms with Gasteiger partial charge in [-0.1, -0.05) is 30.3 Å². The molecule has 1 aromatic carbocycles. The number of benzene rings is 1. The van der Waals surface area contributed by atoms with Crippen LogP contribution >= 0.6 is 0 Å². The molecule has 0 unspecified atom stereocenters. The average molecular weight is 245 g/mol. The van der Waals surface area contributed by atoms with Crippen molar-refractivity contribution in [3.63, 3.8) is 0 Å². The molecule has 0 bridgehead atoms. The van der Waals surface area contributed by atoms with E-state index in [9.17, 15) is 4.79 Å². The van der Waals surface area contributed by atoms with Gasteiger partial charge in [-0.2, -0.15) is 0 Å². The Morgan fingerprint density at radius 3 is 2.89 bits per heavy atom. The minimum atomic E-state index is -0.0159. The normalized spacial score (nSPS) is 28.6. The molecule has 2 aliphatic rings. The summed E-state index contributed by atoms with van der Waals surface area (Å²) in [5, 5.41) is 0. The Bertz CT molecular complexity index is 418. The minimum absolute atomic E-state index is 0.0159. The molecule has 0 radical (unpaired) electrons. The van der Waals surface area contributed by atoms with Crippen LogP contribution in [0.25, 0.3) is 0 Å². The van der Waals surface area contributed by atoms with Gasteiger partial charge in [0.15, 0.2) is 0 Å². The average Bonchev–Trinajstić information content (AvgIpc) is 2.39. The highest BCUT2D eigenvalue weighted by Crippen LogP contribution is 2.29. The summed E-state index contributed by atoms with van der Waals surface area (Å²) in [6.07, 6.45) is 2.91. The molecule has 0 amide bonds. The fraction of sp³-hybridized carbons (Fsp3) is 0.533. The van der Waals surface area contributed by atoms with Crippen LogP contribution in [0.3, 0.4) is 0 Å². The summed E-state index contributed by atoms with van der Waals surface area (Å²) in [4.78, 5) is 13.7. The summed E-state index contributed by atoms with van der Waals surface area (Å²) in [5.41, 5.74) is 1.33. The predicted molar refractivity (Wildman–Crippen MR) is 68.9 cm³/mol. The van der Waals surface area contributed by atoms with E-state index in [4.69, 9.17) is 4.74 Å². The topological polar surface area (TPSA) is 29.5 Å². The first kappa shape index (κ1) is 11.7. The van der Waals surface area contributed by atoms with Crippen LogP contribution in [0.5, 0.6) is 0 Å². The van der Waals surface area contributed by atoms with E-state index in [1.165, 1.54) is 5.56 Å². The highest BCUT2D eigenvalue weighted by Gasteiger charge is 2.35. The van der Waals surface area contributed by atoms with E-state index in [-0.39, 0.29) is 12.1 Å². The molecule has 3 rings (SSSR count). The van der Waals surface area contributed by atoms with E-state index in [0.29, 0.717) is 12.3 Å². The van der Waals surface area contributed by atoms with Gasteiger partial charge in [0, 0.05) is 19.5 Å². The van der Waals surface area contributed by atoms with Crippen LogP contribution < -0.4 is 0 Å². The number of hydrogen-bond acceptors (Lipinski definition) is 3. The van der Waals surface area contributed by atoms with E-state index in [2.05, 4.69) is 29.2 Å². The van der Waals surface area contributed by atoms with Gasteiger partial charge in [-0.25, -0.2) is 0 Å². The number of carbonyl (C=O) groups is 1. The van der Waals surface area contributed by atoms with Crippen molar-refractivity contribution in [3.8, 4) is 0 Å². The summed E-state index contributed by atoms with van der Waals surface area (Å²) in [6.45, 7) is 2.97. The lowest BCUT2D eigenvalue weighted by Crippen LogP contribution is -2.47. The summed E-state index contributed by atoms with van der Waals surface area (Å²) < 4.78 is 5.48. The van der Waals surface area contributed by atoms with Crippen LogP contribution in [0.1, 0.15) is 24.8 Å². The fourth-order valence-corrected chi connectivity index (χ4v) is 3.01. The Morgan fingerprint density at radius 2 is 2.06 bits per heavy atom. The number of fused-ring (bicyclic) bond motifs is 1. The number of hydrogen-bond donors (Lipinski definition) is 0. The Labute approximate surface area is 108 Å². The maximum atomic E-state index is 11.3. The summed E-state index contributed by atoms with van der Waals surface area (Å²) >= 11 is 0. The van der Waals surface area contributed by atoms with Gasteiger partial charge >= 0.3 is 5.97 Å². The van der Waals surface area contributed by atoms with Gasteiger partial charge in [-0.15, -0.1) is 0 Å². The van der Waals surface area contributed by atoms with E-state index in [1.807, 2.05) is 6.07 Å². The molecule has 2 aliphatic heterocycles. The van der Waals surface area contributed by atoms with Gasteiger partial charge in [-0.05, 0) is 30.9 Å². The molecule has 0 aliphatic carbocycles. The Kier molecular flexibility index (Phi) is 3.33. The van der Waals surface area contributed by atoms with Gasteiger partial charge in [-0.3, -0.25) is 9.69 Å². The first-order chi connectivity index (χ1) is 8.81. The largest absolute Gasteiger partial charge is 0.461 e. The molecule has 0 saturated carbocycles. The second-order valence-electron chi connectivity index (χ2n) is 5.34. The number of ether oxygens (including phenoxy) is 1. The van der Waals surface area contributed by atoms with Crippen molar-refractivity contribution < 1.29 is 9.53 Å². The Balaban J connectivity index is 1.61. The fourth-order valence-electron chi connectivity index (χ4n) is 3.01. The predicted octanol–water partition coefficient (Wildman–Crippen LogP) is 2.21. The van der Waals surface area contributed by atoms with Crippen molar-refractivity contribution in [1.29, 1.82) is 0 Å². The Morgan fingerprint density at radius 1 is 1.22 bits per heavy atom. The standard InChI is InChI=1S/C15H19NO2/c17-15-7-6-13-8-9-16(11-14(13)18-15)10-12-4-2-1-3-5-12/h1-5,13-14H,6-11H2/t13-,14-/m1/s1. The van der Waals surface area contributed by atoms with Crippen LogP contribution in [-0.2, 0) is 16.1 Å². The lowest BCUT2D eigenvalue weighted by Gasteiger charge is -2.40. The van der Waals surface area contributed by atoms with E-state index in [1.54, 1.807) is 0 Å². The van der Waals surface area contributed by atoms with E-state index in [0.717, 1.165) is 32.5 Å². The first-order valence-corrected chi connectivity index (χ1v) is 6.77. The first-order valence-electron chi connectivity index (χ1n) is 6.77. The van der Waals surface area contributed by atoms with Crippen LogP contribution in [0.2, 0.25) is 0 Å². The lowest BCUT2D eigenvalue weighted by atomic mass is 9.87. The van der Waals surface area contributed by atoms with Crippen molar-refractivity contribution >= 4 is 5.97 Å². The quantitative estimate of drug-likeness (QED) is 0.748. The van der Waals surface area contributed by atoms with Gasteiger partial charge in [0.25, 0.3) is 0 Å². The zero-order chi connectivity index (χ0) is 12.4. The number of piperidine rings is 1. The zero-order valence-corrected chi connectivity index (χ0v) is 10.5. The van der Waals surface area contributed by atoms with Gasteiger partial charge in [0.1, 0.15) is 6.10 Å². The van der Waals surface area contributed by atoms with Crippen molar-refractivity contribution in [2.75, 3.05) is 13.1 Å². The highest BCUT2D eigenvalue weighted by molar-refractivity contribution is 5.70. The maximum Gasteiger partial charge on any atom is 0.306 e. The number of likely N-dealkylation sites (tertiary alicyclic amines) is 1. The number of carbonyl (C=O) groups excluding carboxylic acids is 1. The maximum absolute atomic E-state index is 11.3. The van der Waals surface area contributed by atoms with Crippen molar-refractivity contribution in [2.45, 2.75) is 31.9 Å². The second-order valence-corrected chi connectivity index (χ2v) is 5.34. The molecule has 0 aromatic heterocycles. The number of nitrogens with zero attached hydrogens (tertiary/aromatic N) is 1. The van der Waals surface area contributed by atoms with Gasteiger partial charge < -0.3 is 4.74 Å². The molecule has 2 atom stereocenters. The zero-order valence-electron chi connectivity index (χ0n) is 10.5. The molecule has 1 aromatic rings. The number of rotatable bonds is 2. The molecule has 18 heavy (non-hydrogen) atoms. The van der Waals surface area contributed by atoms with Crippen molar-refractivity contribution in [1.82, 2.24) is 4.90 Å². The van der Waals surface area contributed by atoms with Crippen LogP contribution in [-0.4, -0.2) is 30.1 Å². The molecular weight excluding hydrogens is 226 g/mol. The third-order valence-corrected chi connectivity index (χ3v) is 4.03. The molecule has 3 heteroatoms. The smallest absolute Gasteiger partial charge is 0.306 e. The Hall–Kier alpha value is -1.35. The van der Waals surface area contributed by atoms with Crippen LogP contribution in [0.15, 0.2) is 30.3 Å². The van der Waals surface area contributed by atoms with Crippen molar-refractivity contribution in [3.05, 3.63) is 35.9 Å². The van der Waals surface area contributed by atoms with Crippen molar-refractivity contribution in [2.24, 2.45) is 5.92 Å². The third kappa shape index (κ3) is 2.56. The highest BCUT2D eigenvalue weighted by atomic mass is 16.5. The third-order valence-electron chi connectivity index (χ3n) is 4.03. The van der Waals surface area contributed by atoms with Gasteiger partial charge in [0.2, 0.25) is 0 Å². The molecule has 2 fully saturated rings. The summed E-state index contributed by atoms with van der Waals surface area (Å²) in [6, 6.07) is 10.5. The van der Waals surface area contributed by atoms with Crippen LogP contribution in [0.4, 0.5) is 0 Å². The molecular formula is C15H19NO2.